The minimum Gasteiger partial charge on any atom is -0.508 e. The summed E-state index contributed by atoms with van der Waals surface area (Å²) in [5, 5.41) is 23.3. The summed E-state index contributed by atoms with van der Waals surface area (Å²) < 4.78 is 0. The SMILES string of the molecule is Cc1ccc(C(=O)Nc2cc3ccccc3cc2C(=O)O)cc1O. The summed E-state index contributed by atoms with van der Waals surface area (Å²) in [6.07, 6.45) is 0. The molecule has 0 aliphatic carbocycles. The zero-order valence-corrected chi connectivity index (χ0v) is 12.9. The number of amides is 1. The molecule has 0 aliphatic rings. The number of hydrogen-bond donors (Lipinski definition) is 3. The molecule has 0 saturated carbocycles. The first kappa shape index (κ1) is 15.6. The standard InChI is InChI=1S/C19H15NO4/c1-11-6-7-14(10-17(11)21)18(22)20-16-9-13-5-3-2-4-12(13)8-15(16)19(23)24/h2-10,21H,1H3,(H,20,22)(H,23,24). The summed E-state index contributed by atoms with van der Waals surface area (Å²) in [6, 6.07) is 15.0. The number of phenolic OH excluding ortho intramolecular Hbond substituents is 1. The number of rotatable bonds is 3. The molecule has 0 aliphatic heterocycles. The number of carboxylic acid groups (broad SMARTS) is 1. The topological polar surface area (TPSA) is 86.6 Å². The van der Waals surface area contributed by atoms with Gasteiger partial charge in [0.2, 0.25) is 0 Å². The number of aromatic carboxylic acids is 1. The van der Waals surface area contributed by atoms with Crippen molar-refractivity contribution in [1.82, 2.24) is 0 Å². The first-order chi connectivity index (χ1) is 11.5. The Labute approximate surface area is 138 Å². The first-order valence-electron chi connectivity index (χ1n) is 7.33. The van der Waals surface area contributed by atoms with Gasteiger partial charge in [-0.3, -0.25) is 4.79 Å². The minimum atomic E-state index is -1.12. The Morgan fingerprint density at radius 1 is 0.958 bits per heavy atom. The predicted octanol–water partition coefficient (Wildman–Crippen LogP) is 3.80. The van der Waals surface area contributed by atoms with E-state index in [4.69, 9.17) is 0 Å². The maximum Gasteiger partial charge on any atom is 0.337 e. The maximum absolute atomic E-state index is 12.4. The third-order valence-electron chi connectivity index (χ3n) is 3.84. The second-order valence-corrected chi connectivity index (χ2v) is 5.51. The van der Waals surface area contributed by atoms with Crippen molar-refractivity contribution in [1.29, 1.82) is 0 Å². The zero-order chi connectivity index (χ0) is 17.3. The van der Waals surface area contributed by atoms with Crippen molar-refractivity contribution in [2.24, 2.45) is 0 Å². The van der Waals surface area contributed by atoms with E-state index in [0.29, 0.717) is 5.56 Å². The maximum atomic E-state index is 12.4. The van der Waals surface area contributed by atoms with Crippen LogP contribution < -0.4 is 5.32 Å². The molecule has 3 aromatic carbocycles. The van der Waals surface area contributed by atoms with Crippen LogP contribution >= 0.6 is 0 Å². The smallest absolute Gasteiger partial charge is 0.337 e. The highest BCUT2D eigenvalue weighted by atomic mass is 16.4. The molecule has 0 fully saturated rings. The van der Waals surface area contributed by atoms with E-state index in [1.54, 1.807) is 25.1 Å². The third kappa shape index (κ3) is 2.92. The van der Waals surface area contributed by atoms with E-state index < -0.39 is 11.9 Å². The Morgan fingerprint density at radius 2 is 1.62 bits per heavy atom. The van der Waals surface area contributed by atoms with E-state index in [1.807, 2.05) is 24.3 Å². The molecule has 24 heavy (non-hydrogen) atoms. The molecule has 3 rings (SSSR count). The van der Waals surface area contributed by atoms with Gasteiger partial charge in [-0.1, -0.05) is 30.3 Å². The molecule has 3 N–H and O–H groups in total. The van der Waals surface area contributed by atoms with Crippen molar-refractivity contribution in [2.75, 3.05) is 5.32 Å². The van der Waals surface area contributed by atoms with E-state index >= 15 is 0 Å². The van der Waals surface area contributed by atoms with Gasteiger partial charge in [0, 0.05) is 5.56 Å². The fourth-order valence-corrected chi connectivity index (χ4v) is 2.47. The number of aryl methyl sites for hydroxylation is 1. The zero-order valence-electron chi connectivity index (χ0n) is 12.9. The van der Waals surface area contributed by atoms with Crippen LogP contribution in [-0.4, -0.2) is 22.1 Å². The van der Waals surface area contributed by atoms with Gasteiger partial charge in [-0.15, -0.1) is 0 Å². The fraction of sp³-hybridized carbons (Fsp3) is 0.0526. The van der Waals surface area contributed by atoms with Gasteiger partial charge in [0.15, 0.2) is 0 Å². The van der Waals surface area contributed by atoms with Gasteiger partial charge < -0.3 is 15.5 Å². The Balaban J connectivity index is 2.01. The van der Waals surface area contributed by atoms with E-state index in [-0.39, 0.29) is 22.6 Å². The number of nitrogens with one attached hydrogen (secondary N) is 1. The number of phenols is 1. The number of carbonyl (C=O) groups is 2. The Morgan fingerprint density at radius 3 is 2.25 bits per heavy atom. The van der Waals surface area contributed by atoms with Crippen LogP contribution in [-0.2, 0) is 0 Å². The molecule has 0 saturated heterocycles. The molecule has 0 radical (unpaired) electrons. The van der Waals surface area contributed by atoms with Crippen LogP contribution in [0, 0.1) is 6.92 Å². The lowest BCUT2D eigenvalue weighted by Crippen LogP contribution is -2.15. The first-order valence-corrected chi connectivity index (χ1v) is 7.33. The molecule has 3 aromatic rings. The quantitative estimate of drug-likeness (QED) is 0.685. The molecule has 0 heterocycles. The van der Waals surface area contributed by atoms with E-state index in [0.717, 1.165) is 10.8 Å². The number of anilines is 1. The molecule has 0 unspecified atom stereocenters. The third-order valence-corrected chi connectivity index (χ3v) is 3.84. The largest absolute Gasteiger partial charge is 0.508 e. The summed E-state index contributed by atoms with van der Waals surface area (Å²) in [7, 11) is 0. The summed E-state index contributed by atoms with van der Waals surface area (Å²) >= 11 is 0. The van der Waals surface area contributed by atoms with Gasteiger partial charge in [0.05, 0.1) is 11.3 Å². The molecule has 0 atom stereocenters. The van der Waals surface area contributed by atoms with Crippen LogP contribution in [0.2, 0.25) is 0 Å². The lowest BCUT2D eigenvalue weighted by Gasteiger charge is -2.11. The average molecular weight is 321 g/mol. The average Bonchev–Trinajstić information content (AvgIpc) is 2.56. The number of aromatic hydroxyl groups is 1. The summed E-state index contributed by atoms with van der Waals surface area (Å²) in [5.74, 6) is -1.59. The molecular weight excluding hydrogens is 306 g/mol. The van der Waals surface area contributed by atoms with Crippen molar-refractivity contribution in [3.05, 3.63) is 71.3 Å². The molecule has 1 amide bonds. The van der Waals surface area contributed by atoms with Crippen molar-refractivity contribution < 1.29 is 19.8 Å². The van der Waals surface area contributed by atoms with Crippen LogP contribution in [0.3, 0.4) is 0 Å². The summed E-state index contributed by atoms with van der Waals surface area (Å²) in [6.45, 7) is 1.73. The fourth-order valence-electron chi connectivity index (χ4n) is 2.47. The minimum absolute atomic E-state index is 0.0124. The number of carbonyl (C=O) groups excluding carboxylic acids is 1. The van der Waals surface area contributed by atoms with Gasteiger partial charge in [0.1, 0.15) is 5.75 Å². The van der Waals surface area contributed by atoms with Gasteiger partial charge >= 0.3 is 5.97 Å². The molecular formula is C19H15NO4. The van der Waals surface area contributed by atoms with E-state index in [2.05, 4.69) is 5.32 Å². The highest BCUT2D eigenvalue weighted by Gasteiger charge is 2.15. The Kier molecular flexibility index (Phi) is 3.92. The number of hydrogen-bond acceptors (Lipinski definition) is 3. The second-order valence-electron chi connectivity index (χ2n) is 5.51. The van der Waals surface area contributed by atoms with Gasteiger partial charge in [-0.2, -0.15) is 0 Å². The van der Waals surface area contributed by atoms with Crippen LogP contribution in [0.4, 0.5) is 5.69 Å². The number of fused-ring (bicyclic) bond motifs is 1. The molecule has 0 bridgehead atoms. The molecule has 5 nitrogen and oxygen atoms in total. The van der Waals surface area contributed by atoms with Crippen molar-refractivity contribution in [3.8, 4) is 5.75 Å². The van der Waals surface area contributed by atoms with Crippen molar-refractivity contribution >= 4 is 28.3 Å². The van der Waals surface area contributed by atoms with Crippen LogP contribution in [0.5, 0.6) is 5.75 Å². The van der Waals surface area contributed by atoms with Crippen LogP contribution in [0.25, 0.3) is 10.8 Å². The lowest BCUT2D eigenvalue weighted by molar-refractivity contribution is 0.0698. The normalized spacial score (nSPS) is 10.5. The van der Waals surface area contributed by atoms with Crippen molar-refractivity contribution in [2.45, 2.75) is 6.92 Å². The predicted molar refractivity (Wildman–Crippen MR) is 91.7 cm³/mol. The van der Waals surface area contributed by atoms with E-state index in [9.17, 15) is 19.8 Å². The van der Waals surface area contributed by atoms with Crippen LogP contribution in [0.1, 0.15) is 26.3 Å². The molecule has 0 aromatic heterocycles. The van der Waals surface area contributed by atoms with Gasteiger partial charge in [-0.05, 0) is 47.5 Å². The van der Waals surface area contributed by atoms with E-state index in [1.165, 1.54) is 12.1 Å². The molecule has 0 spiro atoms. The van der Waals surface area contributed by atoms with Gasteiger partial charge in [0.25, 0.3) is 5.91 Å². The summed E-state index contributed by atoms with van der Waals surface area (Å²) in [5.41, 5.74) is 1.13. The Hall–Kier alpha value is -3.34. The molecule has 5 heteroatoms. The number of carboxylic acids is 1. The Bertz CT molecular complexity index is 963. The number of benzene rings is 3. The highest BCUT2D eigenvalue weighted by molar-refractivity contribution is 6.10. The van der Waals surface area contributed by atoms with Crippen molar-refractivity contribution in [3.63, 3.8) is 0 Å². The summed E-state index contributed by atoms with van der Waals surface area (Å²) in [4.78, 5) is 23.9. The highest BCUT2D eigenvalue weighted by Crippen LogP contribution is 2.25. The molecule has 120 valence electrons. The van der Waals surface area contributed by atoms with Crippen LogP contribution in [0.15, 0.2) is 54.6 Å². The lowest BCUT2D eigenvalue weighted by atomic mass is 10.0. The monoisotopic (exact) mass is 321 g/mol. The second kappa shape index (κ2) is 6.04. The van der Waals surface area contributed by atoms with Gasteiger partial charge in [-0.25, -0.2) is 4.79 Å².